The van der Waals surface area contributed by atoms with E-state index in [-0.39, 0.29) is 12.1 Å². The molecule has 1 fully saturated rings. The first-order valence-electron chi connectivity index (χ1n) is 10.9. The molecule has 3 aromatic rings. The van der Waals surface area contributed by atoms with Gasteiger partial charge in [-0.2, -0.15) is 0 Å². The number of piperazine rings is 1. The molecule has 1 unspecified atom stereocenters. The van der Waals surface area contributed by atoms with Crippen LogP contribution in [-0.4, -0.2) is 76.2 Å². The summed E-state index contributed by atoms with van der Waals surface area (Å²) in [4.78, 5) is 32.1. The van der Waals surface area contributed by atoms with Crippen LogP contribution in [0.3, 0.4) is 0 Å². The zero-order valence-electron chi connectivity index (χ0n) is 19.7. The Morgan fingerprint density at radius 1 is 1.25 bits per heavy atom. The van der Waals surface area contributed by atoms with Gasteiger partial charge in [0.1, 0.15) is 21.3 Å². The minimum atomic E-state index is -0.499. The highest BCUT2D eigenvalue weighted by atomic mass is 32.1. The van der Waals surface area contributed by atoms with Crippen LogP contribution in [0.1, 0.15) is 32.7 Å². The number of fused-ring (bicyclic) bond motifs is 1. The summed E-state index contributed by atoms with van der Waals surface area (Å²) in [5.74, 6) is 0.782. The summed E-state index contributed by atoms with van der Waals surface area (Å²) < 4.78 is 5.60. The van der Waals surface area contributed by atoms with Crippen LogP contribution in [0.5, 0.6) is 0 Å². The second-order valence-corrected chi connectivity index (χ2v) is 10.6. The number of hydrogen-bond donors (Lipinski definition) is 1. The normalized spacial score (nSPS) is 17.4. The standard InChI is InChI=1S/C23H32N6O2S/c1-15-13-28(11-12-29(15)22(30)31-23(2,3)4)21-19(26-18(32-21)14-27(5)6)20-24-16-9-7-8-10-17(16)25-20/h7-10,15H,11-14H2,1-6H3,(H,24,25). The number of H-pyrrole nitrogens is 1. The van der Waals surface area contributed by atoms with Gasteiger partial charge in [0, 0.05) is 32.2 Å². The van der Waals surface area contributed by atoms with Crippen LogP contribution in [-0.2, 0) is 11.3 Å². The summed E-state index contributed by atoms with van der Waals surface area (Å²) in [5, 5.41) is 2.14. The van der Waals surface area contributed by atoms with Crippen molar-refractivity contribution in [3.8, 4) is 11.5 Å². The van der Waals surface area contributed by atoms with E-state index in [1.807, 2.05) is 64.0 Å². The number of nitrogens with one attached hydrogen (secondary N) is 1. The van der Waals surface area contributed by atoms with Crippen molar-refractivity contribution in [3.63, 3.8) is 0 Å². The Balaban J connectivity index is 1.61. The van der Waals surface area contributed by atoms with E-state index in [4.69, 9.17) is 14.7 Å². The number of ether oxygens (including phenoxy) is 1. The molecule has 9 heteroatoms. The fraction of sp³-hybridized carbons (Fsp3) is 0.522. The van der Waals surface area contributed by atoms with Crippen LogP contribution in [0.25, 0.3) is 22.6 Å². The van der Waals surface area contributed by atoms with Crippen molar-refractivity contribution in [1.29, 1.82) is 0 Å². The molecule has 0 radical (unpaired) electrons. The molecule has 8 nitrogen and oxygen atoms in total. The Kier molecular flexibility index (Phi) is 6.13. The zero-order valence-corrected chi connectivity index (χ0v) is 20.5. The zero-order chi connectivity index (χ0) is 23.0. The van der Waals surface area contributed by atoms with Gasteiger partial charge in [0.25, 0.3) is 0 Å². The molecule has 2 aromatic heterocycles. The van der Waals surface area contributed by atoms with Crippen molar-refractivity contribution < 1.29 is 9.53 Å². The van der Waals surface area contributed by atoms with Gasteiger partial charge in [0.2, 0.25) is 0 Å². The summed E-state index contributed by atoms with van der Waals surface area (Å²) in [6.45, 7) is 10.6. The quantitative estimate of drug-likeness (QED) is 0.634. The van der Waals surface area contributed by atoms with Crippen molar-refractivity contribution in [3.05, 3.63) is 29.3 Å². The van der Waals surface area contributed by atoms with Gasteiger partial charge in [0.15, 0.2) is 5.82 Å². The Hall–Kier alpha value is -2.65. The van der Waals surface area contributed by atoms with E-state index in [2.05, 4.69) is 21.7 Å². The number of para-hydroxylation sites is 2. The molecule has 1 aliphatic rings. The number of hydrogen-bond acceptors (Lipinski definition) is 7. The van der Waals surface area contributed by atoms with Crippen LogP contribution >= 0.6 is 11.3 Å². The highest BCUT2D eigenvalue weighted by molar-refractivity contribution is 7.16. The number of nitrogens with zero attached hydrogens (tertiary/aromatic N) is 5. The number of thiazole rings is 1. The monoisotopic (exact) mass is 456 g/mol. The van der Waals surface area contributed by atoms with E-state index in [9.17, 15) is 4.79 Å². The van der Waals surface area contributed by atoms with Gasteiger partial charge in [-0.15, -0.1) is 0 Å². The molecule has 0 bridgehead atoms. The molecule has 0 aliphatic carbocycles. The van der Waals surface area contributed by atoms with Crippen molar-refractivity contribution >= 4 is 33.5 Å². The number of amides is 1. The maximum absolute atomic E-state index is 12.6. The van der Waals surface area contributed by atoms with Crippen molar-refractivity contribution in [2.45, 2.75) is 45.9 Å². The summed E-state index contributed by atoms with van der Waals surface area (Å²) in [6.07, 6.45) is -0.250. The Bertz CT molecular complexity index is 1070. The van der Waals surface area contributed by atoms with E-state index in [0.29, 0.717) is 6.54 Å². The molecule has 1 amide bonds. The lowest BCUT2D eigenvalue weighted by atomic mass is 10.2. The molecular weight excluding hydrogens is 424 g/mol. The van der Waals surface area contributed by atoms with Crippen molar-refractivity contribution in [2.24, 2.45) is 0 Å². The number of carbonyl (C=O) groups is 1. The Labute approximate surface area is 193 Å². The number of imidazole rings is 1. The Morgan fingerprint density at radius 3 is 2.66 bits per heavy atom. The maximum Gasteiger partial charge on any atom is 0.410 e. The number of aromatic nitrogens is 3. The highest BCUT2D eigenvalue weighted by Gasteiger charge is 2.33. The van der Waals surface area contributed by atoms with Gasteiger partial charge in [-0.05, 0) is 53.9 Å². The number of anilines is 1. The van der Waals surface area contributed by atoms with Gasteiger partial charge >= 0.3 is 6.09 Å². The van der Waals surface area contributed by atoms with E-state index in [1.165, 1.54) is 0 Å². The lowest BCUT2D eigenvalue weighted by Gasteiger charge is -2.40. The smallest absolute Gasteiger partial charge is 0.410 e. The molecule has 32 heavy (non-hydrogen) atoms. The van der Waals surface area contributed by atoms with Gasteiger partial charge < -0.3 is 24.4 Å². The predicted octanol–water partition coefficient (Wildman–Crippen LogP) is 4.19. The third kappa shape index (κ3) is 4.88. The summed E-state index contributed by atoms with van der Waals surface area (Å²) in [6, 6.07) is 8.05. The SMILES string of the molecule is CC1CN(c2sc(CN(C)C)nc2-c2nc3ccccc3[nH]2)CCN1C(=O)OC(C)(C)C. The van der Waals surface area contributed by atoms with Crippen LogP contribution in [0.15, 0.2) is 24.3 Å². The van der Waals surface area contributed by atoms with Gasteiger partial charge in [0.05, 0.1) is 11.0 Å². The predicted molar refractivity (Wildman–Crippen MR) is 129 cm³/mol. The number of rotatable bonds is 4. The van der Waals surface area contributed by atoms with Gasteiger partial charge in [-0.3, -0.25) is 0 Å². The fourth-order valence-electron chi connectivity index (χ4n) is 3.86. The summed E-state index contributed by atoms with van der Waals surface area (Å²) in [5.41, 5.74) is 2.31. The molecule has 0 spiro atoms. The Morgan fingerprint density at radius 2 is 2.00 bits per heavy atom. The molecule has 1 aromatic carbocycles. The van der Waals surface area contributed by atoms with Crippen LogP contribution < -0.4 is 4.90 Å². The third-order valence-corrected chi connectivity index (χ3v) is 6.36. The van der Waals surface area contributed by atoms with Crippen LogP contribution in [0.2, 0.25) is 0 Å². The second kappa shape index (κ2) is 8.71. The topological polar surface area (TPSA) is 77.6 Å². The highest BCUT2D eigenvalue weighted by Crippen LogP contribution is 2.37. The lowest BCUT2D eigenvalue weighted by Crippen LogP contribution is -2.55. The van der Waals surface area contributed by atoms with E-state index >= 15 is 0 Å². The van der Waals surface area contributed by atoms with Crippen molar-refractivity contribution in [1.82, 2.24) is 24.8 Å². The van der Waals surface area contributed by atoms with E-state index < -0.39 is 5.60 Å². The first-order valence-corrected chi connectivity index (χ1v) is 11.8. The largest absolute Gasteiger partial charge is 0.444 e. The molecular formula is C23H32N6O2S. The van der Waals surface area contributed by atoms with Crippen LogP contribution in [0, 0.1) is 0 Å². The lowest BCUT2D eigenvalue weighted by molar-refractivity contribution is 0.0159. The molecule has 1 saturated heterocycles. The average molecular weight is 457 g/mol. The average Bonchev–Trinajstić information content (AvgIpc) is 3.29. The van der Waals surface area contributed by atoms with Gasteiger partial charge in [-0.1, -0.05) is 23.5 Å². The second-order valence-electron chi connectivity index (χ2n) is 9.57. The molecule has 3 heterocycles. The van der Waals surface area contributed by atoms with Crippen LogP contribution in [0.4, 0.5) is 9.80 Å². The molecule has 1 aliphatic heterocycles. The minimum Gasteiger partial charge on any atom is -0.444 e. The minimum absolute atomic E-state index is 0.0292. The number of benzene rings is 1. The van der Waals surface area contributed by atoms with E-state index in [1.54, 1.807) is 11.3 Å². The van der Waals surface area contributed by atoms with Gasteiger partial charge in [-0.25, -0.2) is 14.8 Å². The third-order valence-electron chi connectivity index (χ3n) is 5.26. The molecule has 0 saturated carbocycles. The first kappa shape index (κ1) is 22.5. The molecule has 4 rings (SSSR count). The summed E-state index contributed by atoms with van der Waals surface area (Å²) >= 11 is 1.70. The fourth-order valence-corrected chi connectivity index (χ4v) is 5.08. The molecule has 1 atom stereocenters. The maximum atomic E-state index is 12.6. The molecule has 1 N–H and O–H groups in total. The first-order chi connectivity index (χ1) is 15.1. The number of carbonyl (C=O) groups excluding carboxylic acids is 1. The number of aromatic amines is 1. The molecule has 172 valence electrons. The van der Waals surface area contributed by atoms with Crippen molar-refractivity contribution in [2.75, 3.05) is 38.6 Å². The summed E-state index contributed by atoms with van der Waals surface area (Å²) in [7, 11) is 4.09. The van der Waals surface area contributed by atoms with E-state index in [0.717, 1.165) is 52.2 Å².